The minimum absolute atomic E-state index is 0.0197. The van der Waals surface area contributed by atoms with Crippen LogP contribution in [0.25, 0.3) is 0 Å². The molecule has 4 aliphatic rings. The van der Waals surface area contributed by atoms with E-state index in [0.29, 0.717) is 39.0 Å². The van der Waals surface area contributed by atoms with Crippen molar-refractivity contribution in [1.82, 2.24) is 20.0 Å². The molecule has 0 aliphatic carbocycles. The summed E-state index contributed by atoms with van der Waals surface area (Å²) in [6, 6.07) is -3.20. The van der Waals surface area contributed by atoms with E-state index in [9.17, 15) is 24.0 Å². The molecule has 0 radical (unpaired) electrons. The van der Waals surface area contributed by atoms with Gasteiger partial charge in [0.25, 0.3) is 0 Å². The van der Waals surface area contributed by atoms with Crippen molar-refractivity contribution in [3.63, 3.8) is 0 Å². The van der Waals surface area contributed by atoms with Crippen molar-refractivity contribution >= 4 is 29.6 Å². The maximum Gasteiger partial charge on any atom is 0.329 e. The van der Waals surface area contributed by atoms with Crippen molar-refractivity contribution in [2.75, 3.05) is 32.8 Å². The number of rotatable bonds is 0. The summed E-state index contributed by atoms with van der Waals surface area (Å²) in [6.07, 6.45) is 0.908. The molecule has 0 saturated carbocycles. The van der Waals surface area contributed by atoms with Gasteiger partial charge in [-0.25, -0.2) is 4.79 Å². The Morgan fingerprint density at radius 3 is 2.41 bits per heavy atom. The lowest BCUT2D eigenvalue weighted by Gasteiger charge is -2.38. The number of hydrogen-bond acceptors (Lipinski definition) is 7. The third-order valence-corrected chi connectivity index (χ3v) is 7.15. The third kappa shape index (κ3) is 4.75. The zero-order valence-corrected chi connectivity index (χ0v) is 20.0. The van der Waals surface area contributed by atoms with Crippen molar-refractivity contribution in [3.05, 3.63) is 0 Å². The first-order valence-corrected chi connectivity index (χ1v) is 12.2. The highest BCUT2D eigenvalue weighted by atomic mass is 16.5. The molecule has 0 aromatic rings. The summed E-state index contributed by atoms with van der Waals surface area (Å²) in [5.74, 6) is -1.89. The van der Waals surface area contributed by atoms with E-state index in [1.165, 1.54) is 9.80 Å². The summed E-state index contributed by atoms with van der Waals surface area (Å²) in [6.45, 7) is 6.54. The van der Waals surface area contributed by atoms with Crippen LogP contribution in [0.1, 0.15) is 46.5 Å². The lowest BCUT2D eigenvalue weighted by molar-refractivity contribution is -0.161. The lowest BCUT2D eigenvalue weighted by Crippen LogP contribution is -2.62. The fourth-order valence-electron chi connectivity index (χ4n) is 5.41. The first kappa shape index (κ1) is 24.4. The van der Waals surface area contributed by atoms with E-state index in [-0.39, 0.29) is 43.2 Å². The van der Waals surface area contributed by atoms with Crippen LogP contribution in [0.4, 0.5) is 0 Å². The van der Waals surface area contributed by atoms with Gasteiger partial charge in [0.05, 0.1) is 19.6 Å². The van der Waals surface area contributed by atoms with Gasteiger partial charge in [0.2, 0.25) is 23.6 Å². The molecule has 6 atom stereocenters. The Hall–Kier alpha value is -2.69. The first-order valence-electron chi connectivity index (χ1n) is 12.2. The number of morpholine rings is 1. The number of ether oxygens (including phenoxy) is 2. The van der Waals surface area contributed by atoms with Crippen LogP contribution >= 0.6 is 0 Å². The van der Waals surface area contributed by atoms with Crippen LogP contribution in [0.15, 0.2) is 0 Å². The molecule has 0 aromatic heterocycles. The molecule has 34 heavy (non-hydrogen) atoms. The highest BCUT2D eigenvalue weighted by Gasteiger charge is 2.44. The normalized spacial score (nSPS) is 36.1. The van der Waals surface area contributed by atoms with Crippen LogP contribution in [-0.4, -0.2) is 107 Å². The second kappa shape index (κ2) is 9.89. The predicted octanol–water partition coefficient (Wildman–Crippen LogP) is -0.718. The quantitative estimate of drug-likeness (QED) is 0.456. The Morgan fingerprint density at radius 2 is 1.65 bits per heavy atom. The van der Waals surface area contributed by atoms with Gasteiger partial charge in [0.1, 0.15) is 30.3 Å². The molecule has 11 heteroatoms. The van der Waals surface area contributed by atoms with Crippen LogP contribution in [-0.2, 0) is 33.4 Å². The summed E-state index contributed by atoms with van der Waals surface area (Å²) in [5.41, 5.74) is 0. The van der Waals surface area contributed by atoms with Crippen LogP contribution in [0.3, 0.4) is 0 Å². The summed E-state index contributed by atoms with van der Waals surface area (Å²) >= 11 is 0. The van der Waals surface area contributed by atoms with E-state index in [0.717, 1.165) is 0 Å². The molecular weight excluding hydrogens is 444 g/mol. The van der Waals surface area contributed by atoms with Gasteiger partial charge >= 0.3 is 5.97 Å². The molecule has 0 bridgehead atoms. The monoisotopic (exact) mass is 478 g/mol. The molecule has 4 amide bonds. The van der Waals surface area contributed by atoms with E-state index in [2.05, 4.69) is 5.32 Å². The highest BCUT2D eigenvalue weighted by Crippen LogP contribution is 2.27. The number of nitrogens with one attached hydrogen (secondary N) is 1. The van der Waals surface area contributed by atoms with E-state index in [1.807, 2.05) is 6.92 Å². The van der Waals surface area contributed by atoms with Crippen LogP contribution in [0.2, 0.25) is 0 Å². The molecule has 4 fully saturated rings. The second-order valence-corrected chi connectivity index (χ2v) is 9.90. The second-order valence-electron chi connectivity index (χ2n) is 9.90. The van der Waals surface area contributed by atoms with Crippen molar-refractivity contribution in [1.29, 1.82) is 0 Å². The van der Waals surface area contributed by atoms with Gasteiger partial charge < -0.3 is 29.5 Å². The number of carbonyl (C=O) groups excluding carboxylic acids is 5. The number of nitrogens with zero attached hydrogens (tertiary/aromatic N) is 3. The van der Waals surface area contributed by atoms with Gasteiger partial charge in [-0.2, -0.15) is 0 Å². The van der Waals surface area contributed by atoms with Gasteiger partial charge in [-0.05, 0) is 39.0 Å². The zero-order chi connectivity index (χ0) is 24.6. The summed E-state index contributed by atoms with van der Waals surface area (Å²) in [7, 11) is 0. The van der Waals surface area contributed by atoms with Gasteiger partial charge in [-0.3, -0.25) is 19.2 Å². The SMILES string of the molecule is CC1CC(=O)N2CCCC2C(=O)N2CCOCC2C(=O)NC(C)C(=O)N2C[C@H](C)CC2C(=O)O1. The van der Waals surface area contributed by atoms with E-state index in [1.54, 1.807) is 18.7 Å². The van der Waals surface area contributed by atoms with Crippen LogP contribution in [0.5, 0.6) is 0 Å². The van der Waals surface area contributed by atoms with Crippen molar-refractivity contribution in [2.45, 2.75) is 76.7 Å². The highest BCUT2D eigenvalue weighted by molar-refractivity contribution is 5.95. The van der Waals surface area contributed by atoms with Crippen molar-refractivity contribution < 1.29 is 33.4 Å². The molecule has 4 aliphatic heterocycles. The van der Waals surface area contributed by atoms with Crippen molar-refractivity contribution in [3.8, 4) is 0 Å². The van der Waals surface area contributed by atoms with E-state index < -0.39 is 42.1 Å². The third-order valence-electron chi connectivity index (χ3n) is 7.15. The van der Waals surface area contributed by atoms with E-state index >= 15 is 0 Å². The molecule has 4 rings (SSSR count). The average molecular weight is 479 g/mol. The largest absolute Gasteiger partial charge is 0.461 e. The number of carbonyl (C=O) groups is 5. The number of fused-ring (bicyclic) bond motifs is 3. The lowest BCUT2D eigenvalue weighted by atomic mass is 10.1. The van der Waals surface area contributed by atoms with Gasteiger partial charge in [0, 0.05) is 19.6 Å². The van der Waals surface area contributed by atoms with Gasteiger partial charge in [0.15, 0.2) is 0 Å². The van der Waals surface area contributed by atoms with Gasteiger partial charge in [-0.15, -0.1) is 0 Å². The molecular formula is C23H34N4O7. The van der Waals surface area contributed by atoms with Crippen LogP contribution < -0.4 is 5.32 Å². The number of amides is 4. The van der Waals surface area contributed by atoms with Crippen LogP contribution in [0, 0.1) is 5.92 Å². The standard InChI is InChI=1S/C23H34N4O7/c1-13-9-17-23(32)34-14(2)10-19(28)25-6-4-5-16(25)22(31)26-7-8-33-12-18(26)20(29)24-15(3)21(30)27(17)11-13/h13-18H,4-12H2,1-3H3,(H,24,29)/t13-,14?,15?,16?,17?,18?/m1/s1. The molecule has 5 unspecified atom stereocenters. The Bertz CT molecular complexity index is 864. The maximum absolute atomic E-state index is 13.4. The minimum atomic E-state index is -0.890. The zero-order valence-electron chi connectivity index (χ0n) is 20.0. The Morgan fingerprint density at radius 1 is 0.882 bits per heavy atom. The molecule has 4 saturated heterocycles. The molecule has 4 heterocycles. The fraction of sp³-hybridized carbons (Fsp3) is 0.783. The topological polar surface area (TPSA) is 126 Å². The summed E-state index contributed by atoms with van der Waals surface area (Å²) < 4.78 is 11.0. The fourth-order valence-corrected chi connectivity index (χ4v) is 5.41. The van der Waals surface area contributed by atoms with E-state index in [4.69, 9.17) is 9.47 Å². The number of hydrogen-bond donors (Lipinski definition) is 1. The summed E-state index contributed by atoms with van der Waals surface area (Å²) in [5, 5.41) is 2.71. The molecule has 188 valence electrons. The molecule has 1 N–H and O–H groups in total. The van der Waals surface area contributed by atoms with Gasteiger partial charge in [-0.1, -0.05) is 6.92 Å². The molecule has 11 nitrogen and oxygen atoms in total. The predicted molar refractivity (Wildman–Crippen MR) is 118 cm³/mol. The Balaban J connectivity index is 1.64. The first-order chi connectivity index (χ1) is 16.2. The number of esters is 1. The Labute approximate surface area is 199 Å². The maximum atomic E-state index is 13.4. The smallest absolute Gasteiger partial charge is 0.329 e. The number of cyclic esters (lactones) is 1. The van der Waals surface area contributed by atoms with Crippen molar-refractivity contribution in [2.24, 2.45) is 5.92 Å². The minimum Gasteiger partial charge on any atom is -0.461 e. The molecule has 0 spiro atoms. The molecule has 0 aromatic carbocycles. The Kier molecular flexibility index (Phi) is 7.11. The average Bonchev–Trinajstić information content (AvgIpc) is 3.44. The summed E-state index contributed by atoms with van der Waals surface area (Å²) in [4.78, 5) is 70.2.